The van der Waals surface area contributed by atoms with Crippen LogP contribution in [0.2, 0.25) is 0 Å². The third-order valence-corrected chi connectivity index (χ3v) is 2.01. The summed E-state index contributed by atoms with van der Waals surface area (Å²) in [7, 11) is 0. The van der Waals surface area contributed by atoms with Gasteiger partial charge in [-0.05, 0) is 30.3 Å². The number of nitrogens with one attached hydrogen (secondary N) is 1. The van der Waals surface area contributed by atoms with Crippen LogP contribution >= 0.6 is 0 Å². The summed E-state index contributed by atoms with van der Waals surface area (Å²) < 4.78 is 5.00. The zero-order valence-corrected chi connectivity index (χ0v) is 8.83. The molecule has 0 fully saturated rings. The number of benzene rings is 1. The molecule has 1 amide bonds. The van der Waals surface area contributed by atoms with E-state index in [0.717, 1.165) is 0 Å². The zero-order valence-electron chi connectivity index (χ0n) is 8.83. The molecule has 0 aliphatic rings. The second-order valence-corrected chi connectivity index (χ2v) is 3.26. The third kappa shape index (κ3) is 2.94. The molecule has 0 bridgehead atoms. The minimum atomic E-state index is -0.399. The Labute approximate surface area is 97.4 Å². The fourth-order valence-corrected chi connectivity index (χ4v) is 1.23. The molecule has 2 N–H and O–H groups in total. The summed E-state index contributed by atoms with van der Waals surface area (Å²) in [6, 6.07) is 9.45. The van der Waals surface area contributed by atoms with Gasteiger partial charge >= 0.3 is 0 Å². The summed E-state index contributed by atoms with van der Waals surface area (Å²) >= 11 is 0. The van der Waals surface area contributed by atoms with Gasteiger partial charge < -0.3 is 9.52 Å². The molecule has 0 radical (unpaired) electrons. The number of hydrogen-bond acceptors (Lipinski definition) is 4. The molecule has 1 heterocycles. The van der Waals surface area contributed by atoms with Crippen LogP contribution in [0.25, 0.3) is 0 Å². The van der Waals surface area contributed by atoms with E-state index < -0.39 is 5.91 Å². The van der Waals surface area contributed by atoms with Gasteiger partial charge in [0.2, 0.25) is 0 Å². The Morgan fingerprint density at radius 1 is 1.35 bits per heavy atom. The van der Waals surface area contributed by atoms with Crippen LogP contribution in [0.1, 0.15) is 16.1 Å². The highest BCUT2D eigenvalue weighted by Gasteiger charge is 2.04. The first-order chi connectivity index (χ1) is 8.25. The standard InChI is InChI=1S/C12H10N2O3/c15-10-4-1-3-9(7-10)12(16)14-13-8-11-5-2-6-17-11/h1-8,15H,(H,14,16)/b13-8+. The molecule has 1 aromatic heterocycles. The van der Waals surface area contributed by atoms with Crippen LogP contribution in [-0.2, 0) is 0 Å². The Balaban J connectivity index is 1.98. The van der Waals surface area contributed by atoms with Crippen molar-refractivity contribution in [2.75, 3.05) is 0 Å². The van der Waals surface area contributed by atoms with Gasteiger partial charge in [0, 0.05) is 5.56 Å². The molecule has 86 valence electrons. The number of carbonyl (C=O) groups excluding carboxylic acids is 1. The molecule has 0 aliphatic heterocycles. The molecule has 0 saturated carbocycles. The van der Waals surface area contributed by atoms with Crippen molar-refractivity contribution in [3.05, 3.63) is 54.0 Å². The van der Waals surface area contributed by atoms with Gasteiger partial charge in [0.15, 0.2) is 0 Å². The van der Waals surface area contributed by atoms with Crippen LogP contribution < -0.4 is 5.43 Å². The van der Waals surface area contributed by atoms with Crippen LogP contribution in [0.3, 0.4) is 0 Å². The van der Waals surface area contributed by atoms with Crippen LogP contribution in [0.15, 0.2) is 52.2 Å². The van der Waals surface area contributed by atoms with Gasteiger partial charge in [0.1, 0.15) is 11.5 Å². The minimum Gasteiger partial charge on any atom is -0.508 e. The zero-order chi connectivity index (χ0) is 12.1. The van der Waals surface area contributed by atoms with Crippen molar-refractivity contribution in [1.82, 2.24) is 5.43 Å². The van der Waals surface area contributed by atoms with E-state index in [9.17, 15) is 9.90 Å². The molecular weight excluding hydrogens is 220 g/mol. The van der Waals surface area contributed by atoms with Crippen molar-refractivity contribution in [1.29, 1.82) is 0 Å². The molecule has 2 rings (SSSR count). The van der Waals surface area contributed by atoms with E-state index in [2.05, 4.69) is 10.5 Å². The third-order valence-electron chi connectivity index (χ3n) is 2.01. The lowest BCUT2D eigenvalue weighted by Gasteiger charge is -1.99. The highest BCUT2D eigenvalue weighted by atomic mass is 16.3. The topological polar surface area (TPSA) is 74.8 Å². The lowest BCUT2D eigenvalue weighted by Crippen LogP contribution is -2.17. The molecule has 0 atom stereocenters. The lowest BCUT2D eigenvalue weighted by atomic mass is 10.2. The number of carbonyl (C=O) groups is 1. The van der Waals surface area contributed by atoms with Gasteiger partial charge in [-0.15, -0.1) is 0 Å². The molecule has 0 saturated heterocycles. The highest BCUT2D eigenvalue weighted by molar-refractivity contribution is 5.95. The molecule has 0 unspecified atom stereocenters. The summed E-state index contributed by atoms with van der Waals surface area (Å²) in [5, 5.41) is 12.9. The second-order valence-electron chi connectivity index (χ2n) is 3.26. The summed E-state index contributed by atoms with van der Waals surface area (Å²) in [5.74, 6) is 0.178. The van der Waals surface area contributed by atoms with Crippen molar-refractivity contribution in [2.24, 2.45) is 5.10 Å². The average Bonchev–Trinajstić information content (AvgIpc) is 2.82. The number of rotatable bonds is 3. The Morgan fingerprint density at radius 2 is 2.24 bits per heavy atom. The first-order valence-electron chi connectivity index (χ1n) is 4.91. The smallest absolute Gasteiger partial charge is 0.271 e. The Hall–Kier alpha value is -2.56. The number of amides is 1. The van der Waals surface area contributed by atoms with E-state index in [1.807, 2.05) is 0 Å². The maximum Gasteiger partial charge on any atom is 0.271 e. The summed E-state index contributed by atoms with van der Waals surface area (Å²) in [6.45, 7) is 0. The number of aromatic hydroxyl groups is 1. The molecule has 5 nitrogen and oxygen atoms in total. The number of phenols is 1. The van der Waals surface area contributed by atoms with Crippen LogP contribution in [-0.4, -0.2) is 17.2 Å². The minimum absolute atomic E-state index is 0.0349. The Morgan fingerprint density at radius 3 is 2.94 bits per heavy atom. The number of nitrogens with zero attached hydrogens (tertiary/aromatic N) is 1. The van der Waals surface area contributed by atoms with Crippen molar-refractivity contribution >= 4 is 12.1 Å². The first-order valence-corrected chi connectivity index (χ1v) is 4.91. The van der Waals surface area contributed by atoms with Gasteiger partial charge in [-0.2, -0.15) is 5.10 Å². The van der Waals surface area contributed by atoms with E-state index in [0.29, 0.717) is 11.3 Å². The monoisotopic (exact) mass is 230 g/mol. The average molecular weight is 230 g/mol. The fraction of sp³-hybridized carbons (Fsp3) is 0. The predicted octanol–water partition coefficient (Wildman–Crippen LogP) is 1.75. The van der Waals surface area contributed by atoms with E-state index in [4.69, 9.17) is 4.42 Å². The second kappa shape index (κ2) is 4.98. The van der Waals surface area contributed by atoms with Crippen LogP contribution in [0.5, 0.6) is 5.75 Å². The number of furan rings is 1. The fourth-order valence-electron chi connectivity index (χ4n) is 1.23. The van der Waals surface area contributed by atoms with E-state index >= 15 is 0 Å². The van der Waals surface area contributed by atoms with Crippen LogP contribution in [0.4, 0.5) is 0 Å². The van der Waals surface area contributed by atoms with Gasteiger partial charge in [-0.3, -0.25) is 4.79 Å². The molecule has 1 aromatic carbocycles. The number of hydrazone groups is 1. The Bertz CT molecular complexity index is 532. The lowest BCUT2D eigenvalue weighted by molar-refractivity contribution is 0.0954. The van der Waals surface area contributed by atoms with E-state index in [-0.39, 0.29) is 5.75 Å². The molecule has 0 aliphatic carbocycles. The van der Waals surface area contributed by atoms with Crippen molar-refractivity contribution < 1.29 is 14.3 Å². The molecular formula is C12H10N2O3. The van der Waals surface area contributed by atoms with Crippen molar-refractivity contribution in [3.63, 3.8) is 0 Å². The molecule has 5 heteroatoms. The van der Waals surface area contributed by atoms with Gasteiger partial charge in [0.05, 0.1) is 12.5 Å². The Kier molecular flexibility index (Phi) is 3.20. The SMILES string of the molecule is O=C(N/N=C/c1ccco1)c1cccc(O)c1. The maximum atomic E-state index is 11.6. The summed E-state index contributed by atoms with van der Waals surface area (Å²) in [4.78, 5) is 11.6. The normalized spacial score (nSPS) is 10.6. The van der Waals surface area contributed by atoms with Crippen molar-refractivity contribution in [2.45, 2.75) is 0 Å². The predicted molar refractivity (Wildman–Crippen MR) is 61.9 cm³/mol. The quantitative estimate of drug-likeness (QED) is 0.623. The molecule has 0 spiro atoms. The van der Waals surface area contributed by atoms with Crippen molar-refractivity contribution in [3.8, 4) is 5.75 Å². The first kappa shape index (κ1) is 10.9. The molecule has 2 aromatic rings. The number of phenolic OH excluding ortho intramolecular Hbond substituents is 1. The maximum absolute atomic E-state index is 11.6. The highest BCUT2D eigenvalue weighted by Crippen LogP contribution is 2.10. The number of hydrogen-bond donors (Lipinski definition) is 2. The van der Waals surface area contributed by atoms with E-state index in [1.165, 1.54) is 24.6 Å². The van der Waals surface area contributed by atoms with Gasteiger partial charge in [-0.25, -0.2) is 5.43 Å². The van der Waals surface area contributed by atoms with Gasteiger partial charge in [0.25, 0.3) is 5.91 Å². The summed E-state index contributed by atoms with van der Waals surface area (Å²) in [5.41, 5.74) is 2.66. The van der Waals surface area contributed by atoms with Gasteiger partial charge in [-0.1, -0.05) is 6.07 Å². The summed E-state index contributed by atoms with van der Waals surface area (Å²) in [6.07, 6.45) is 2.90. The van der Waals surface area contributed by atoms with E-state index in [1.54, 1.807) is 24.3 Å². The molecule has 17 heavy (non-hydrogen) atoms. The van der Waals surface area contributed by atoms with Crippen LogP contribution in [0, 0.1) is 0 Å². The largest absolute Gasteiger partial charge is 0.508 e.